The molecule has 15 heavy (non-hydrogen) atoms. The van der Waals surface area contributed by atoms with Gasteiger partial charge in [-0.1, -0.05) is 0 Å². The van der Waals surface area contributed by atoms with E-state index in [9.17, 15) is 4.79 Å². The zero-order valence-corrected chi connectivity index (χ0v) is 9.46. The fourth-order valence-electron chi connectivity index (χ4n) is 0.909. The van der Waals surface area contributed by atoms with E-state index in [0.29, 0.717) is 5.82 Å². The topological polar surface area (TPSA) is 66.9 Å². The maximum atomic E-state index is 11.7. The van der Waals surface area contributed by atoms with Crippen LogP contribution in [0.4, 0.5) is 5.82 Å². The molecule has 0 radical (unpaired) electrons. The van der Waals surface area contributed by atoms with Crippen LogP contribution in [0.2, 0.25) is 0 Å². The monoisotopic (exact) mass is 208 g/mol. The van der Waals surface area contributed by atoms with E-state index in [2.05, 4.69) is 20.6 Å². The lowest BCUT2D eigenvalue weighted by molar-refractivity contribution is -0.121. The van der Waals surface area contributed by atoms with Gasteiger partial charge in [0.25, 0.3) is 0 Å². The van der Waals surface area contributed by atoms with Crippen LogP contribution in [0.15, 0.2) is 12.4 Å². The number of anilines is 1. The van der Waals surface area contributed by atoms with Crippen molar-refractivity contribution in [2.75, 3.05) is 12.4 Å². The fourth-order valence-corrected chi connectivity index (χ4v) is 0.909. The van der Waals surface area contributed by atoms with Gasteiger partial charge in [-0.05, 0) is 27.8 Å². The quantitative estimate of drug-likeness (QED) is 0.768. The molecule has 0 aliphatic rings. The number of likely N-dealkylation sites (N-methyl/N-ethyl adjacent to an activating group) is 1. The minimum atomic E-state index is -0.612. The summed E-state index contributed by atoms with van der Waals surface area (Å²) in [6.07, 6.45) is 1.43. The number of aromatic nitrogens is 2. The summed E-state index contributed by atoms with van der Waals surface area (Å²) < 4.78 is 0. The normalized spacial score (nSPS) is 11.2. The van der Waals surface area contributed by atoms with Gasteiger partial charge in [-0.2, -0.15) is 0 Å². The molecule has 0 aliphatic heterocycles. The lowest BCUT2D eigenvalue weighted by Crippen LogP contribution is -2.48. The van der Waals surface area contributed by atoms with E-state index in [1.54, 1.807) is 27.0 Å². The fraction of sp³-hybridized carbons (Fsp3) is 0.500. The highest BCUT2D eigenvalue weighted by Gasteiger charge is 2.25. The van der Waals surface area contributed by atoms with Crippen molar-refractivity contribution in [1.29, 1.82) is 0 Å². The summed E-state index contributed by atoms with van der Waals surface area (Å²) in [6, 6.07) is 1.73. The van der Waals surface area contributed by atoms with Crippen molar-refractivity contribution in [3.8, 4) is 0 Å². The Labute approximate surface area is 89.3 Å². The van der Waals surface area contributed by atoms with Crippen LogP contribution in [0.5, 0.6) is 0 Å². The zero-order chi connectivity index (χ0) is 11.5. The molecule has 5 nitrogen and oxygen atoms in total. The minimum absolute atomic E-state index is 0.122. The molecule has 0 aromatic carbocycles. The number of carbonyl (C=O) groups is 1. The molecule has 0 saturated heterocycles. The second-order valence-corrected chi connectivity index (χ2v) is 3.87. The van der Waals surface area contributed by atoms with Crippen LogP contribution in [0.1, 0.15) is 19.5 Å². The Balaban J connectivity index is 2.75. The van der Waals surface area contributed by atoms with Crippen LogP contribution in [-0.4, -0.2) is 28.5 Å². The maximum absolute atomic E-state index is 11.7. The van der Waals surface area contributed by atoms with Gasteiger partial charge >= 0.3 is 0 Å². The molecule has 0 atom stereocenters. The van der Waals surface area contributed by atoms with Gasteiger partial charge < -0.3 is 10.6 Å². The van der Waals surface area contributed by atoms with Crippen molar-refractivity contribution in [2.24, 2.45) is 0 Å². The van der Waals surface area contributed by atoms with E-state index in [1.165, 1.54) is 6.33 Å². The third-order valence-corrected chi connectivity index (χ3v) is 2.24. The Morgan fingerprint density at radius 1 is 1.40 bits per heavy atom. The molecule has 0 spiro atoms. The first-order chi connectivity index (χ1) is 6.95. The highest BCUT2D eigenvalue weighted by molar-refractivity contribution is 5.96. The second kappa shape index (κ2) is 4.35. The number of hydrogen-bond donors (Lipinski definition) is 2. The first-order valence-corrected chi connectivity index (χ1v) is 4.75. The molecule has 1 aromatic heterocycles. The Hall–Kier alpha value is -1.49. The predicted octanol–water partition coefficient (Wildman–Crippen LogP) is 0.722. The first-order valence-electron chi connectivity index (χ1n) is 4.75. The van der Waals surface area contributed by atoms with E-state index in [1.807, 2.05) is 6.92 Å². The summed E-state index contributed by atoms with van der Waals surface area (Å²) in [5.41, 5.74) is 0.210. The van der Waals surface area contributed by atoms with Gasteiger partial charge in [0, 0.05) is 11.8 Å². The second-order valence-electron chi connectivity index (χ2n) is 3.87. The van der Waals surface area contributed by atoms with Crippen molar-refractivity contribution in [3.63, 3.8) is 0 Å². The van der Waals surface area contributed by atoms with E-state index in [-0.39, 0.29) is 5.91 Å². The van der Waals surface area contributed by atoms with Crippen molar-refractivity contribution in [2.45, 2.75) is 26.3 Å². The molecule has 0 bridgehead atoms. The molecule has 5 heteroatoms. The molecule has 1 aromatic rings. The average molecular weight is 208 g/mol. The van der Waals surface area contributed by atoms with Crippen LogP contribution < -0.4 is 10.6 Å². The lowest BCUT2D eigenvalue weighted by Gasteiger charge is -2.22. The van der Waals surface area contributed by atoms with Crippen LogP contribution in [-0.2, 0) is 4.79 Å². The highest BCUT2D eigenvalue weighted by Crippen LogP contribution is 2.08. The number of carbonyl (C=O) groups excluding carboxylic acids is 1. The van der Waals surface area contributed by atoms with Gasteiger partial charge in [-0.15, -0.1) is 0 Å². The lowest BCUT2D eigenvalue weighted by atomic mass is 10.1. The number of rotatable bonds is 3. The van der Waals surface area contributed by atoms with Crippen LogP contribution in [0, 0.1) is 6.92 Å². The standard InChI is InChI=1S/C10H16N4O/c1-7-5-8(13-6-12-7)14-9(15)10(2,3)11-4/h5-6,11H,1-4H3,(H,12,13,14,15). The van der Waals surface area contributed by atoms with Gasteiger partial charge in [0.1, 0.15) is 12.1 Å². The largest absolute Gasteiger partial charge is 0.309 e. The van der Waals surface area contributed by atoms with Crippen LogP contribution in [0.25, 0.3) is 0 Å². The van der Waals surface area contributed by atoms with E-state index >= 15 is 0 Å². The van der Waals surface area contributed by atoms with Crippen LogP contribution >= 0.6 is 0 Å². The molecule has 1 heterocycles. The molecule has 0 fully saturated rings. The smallest absolute Gasteiger partial charge is 0.245 e. The number of amides is 1. The number of nitrogens with zero attached hydrogens (tertiary/aromatic N) is 2. The summed E-state index contributed by atoms with van der Waals surface area (Å²) >= 11 is 0. The Morgan fingerprint density at radius 2 is 2.07 bits per heavy atom. The third-order valence-electron chi connectivity index (χ3n) is 2.24. The van der Waals surface area contributed by atoms with Crippen molar-refractivity contribution < 1.29 is 4.79 Å². The summed E-state index contributed by atoms with van der Waals surface area (Å²) in [6.45, 7) is 5.45. The highest BCUT2D eigenvalue weighted by atomic mass is 16.2. The average Bonchev–Trinajstić information content (AvgIpc) is 2.17. The van der Waals surface area contributed by atoms with Gasteiger partial charge in [-0.3, -0.25) is 4.79 Å². The van der Waals surface area contributed by atoms with Gasteiger partial charge in [0.2, 0.25) is 5.91 Å². The summed E-state index contributed by atoms with van der Waals surface area (Å²) in [5, 5.41) is 5.64. The molecule has 0 unspecified atom stereocenters. The predicted molar refractivity (Wildman–Crippen MR) is 58.5 cm³/mol. The number of aryl methyl sites for hydroxylation is 1. The Bertz CT molecular complexity index is 362. The third kappa shape index (κ3) is 2.99. The Kier molecular flexibility index (Phi) is 3.36. The Morgan fingerprint density at radius 3 is 2.60 bits per heavy atom. The molecule has 1 rings (SSSR count). The maximum Gasteiger partial charge on any atom is 0.245 e. The van der Waals surface area contributed by atoms with Crippen molar-refractivity contribution in [3.05, 3.63) is 18.1 Å². The van der Waals surface area contributed by atoms with Crippen molar-refractivity contribution in [1.82, 2.24) is 15.3 Å². The van der Waals surface area contributed by atoms with Crippen LogP contribution in [0.3, 0.4) is 0 Å². The first kappa shape index (κ1) is 11.6. The number of hydrogen-bond acceptors (Lipinski definition) is 4. The van der Waals surface area contributed by atoms with Gasteiger partial charge in [0.15, 0.2) is 0 Å². The van der Waals surface area contributed by atoms with E-state index < -0.39 is 5.54 Å². The minimum Gasteiger partial charge on any atom is -0.309 e. The molecule has 82 valence electrons. The molecular formula is C10H16N4O. The van der Waals surface area contributed by atoms with E-state index in [4.69, 9.17) is 0 Å². The van der Waals surface area contributed by atoms with Gasteiger partial charge in [-0.25, -0.2) is 9.97 Å². The zero-order valence-electron chi connectivity index (χ0n) is 9.46. The molecular weight excluding hydrogens is 192 g/mol. The van der Waals surface area contributed by atoms with Gasteiger partial charge in [0.05, 0.1) is 5.54 Å². The molecule has 0 saturated carbocycles. The molecule has 1 amide bonds. The number of nitrogens with one attached hydrogen (secondary N) is 2. The molecule has 2 N–H and O–H groups in total. The SMILES string of the molecule is CNC(C)(C)C(=O)Nc1cc(C)ncn1. The summed E-state index contributed by atoms with van der Waals surface area (Å²) in [7, 11) is 1.74. The van der Waals surface area contributed by atoms with E-state index in [0.717, 1.165) is 5.69 Å². The van der Waals surface area contributed by atoms with Crippen molar-refractivity contribution >= 4 is 11.7 Å². The molecule has 0 aliphatic carbocycles. The summed E-state index contributed by atoms with van der Waals surface area (Å²) in [5.74, 6) is 0.402. The summed E-state index contributed by atoms with van der Waals surface area (Å²) in [4.78, 5) is 19.7.